The minimum absolute atomic E-state index is 0.863. The average molecular weight is 162 g/mol. The molecule has 0 aromatic carbocycles. The van der Waals surface area contributed by atoms with E-state index in [1.54, 1.807) is 0 Å². The summed E-state index contributed by atoms with van der Waals surface area (Å²) in [4.78, 5) is 0. The van der Waals surface area contributed by atoms with Crippen LogP contribution in [-0.2, 0) is 0 Å². The molecular formula is C12H18. The molecule has 0 nitrogen and oxygen atoms in total. The maximum absolute atomic E-state index is 2.40. The second-order valence-corrected chi connectivity index (χ2v) is 4.52. The zero-order valence-corrected chi connectivity index (χ0v) is 8.03. The maximum Gasteiger partial charge on any atom is -0.0164 e. The highest BCUT2D eigenvalue weighted by Crippen LogP contribution is 2.50. The van der Waals surface area contributed by atoms with E-state index >= 15 is 0 Å². The van der Waals surface area contributed by atoms with Gasteiger partial charge in [-0.3, -0.25) is 0 Å². The van der Waals surface area contributed by atoms with Gasteiger partial charge in [-0.15, -0.1) is 0 Å². The maximum atomic E-state index is 2.40. The summed E-state index contributed by atoms with van der Waals surface area (Å²) in [6, 6.07) is 0. The van der Waals surface area contributed by atoms with Crippen molar-refractivity contribution in [1.29, 1.82) is 0 Å². The SMILES string of the molecule is CC(C)C1C[C@H]1C1C=CC=CC1. The first-order chi connectivity index (χ1) is 5.79. The van der Waals surface area contributed by atoms with Gasteiger partial charge in [0, 0.05) is 0 Å². The van der Waals surface area contributed by atoms with Crippen LogP contribution in [-0.4, -0.2) is 0 Å². The van der Waals surface area contributed by atoms with Crippen molar-refractivity contribution in [1.82, 2.24) is 0 Å². The Morgan fingerprint density at radius 3 is 2.58 bits per heavy atom. The van der Waals surface area contributed by atoms with Crippen molar-refractivity contribution in [2.45, 2.75) is 26.7 Å². The molecule has 0 aliphatic heterocycles. The van der Waals surface area contributed by atoms with Gasteiger partial charge in [-0.1, -0.05) is 38.2 Å². The summed E-state index contributed by atoms with van der Waals surface area (Å²) >= 11 is 0. The van der Waals surface area contributed by atoms with Crippen LogP contribution in [0.15, 0.2) is 24.3 Å². The minimum atomic E-state index is 0.863. The van der Waals surface area contributed by atoms with Crippen LogP contribution >= 0.6 is 0 Å². The lowest BCUT2D eigenvalue weighted by atomic mass is 9.92. The highest BCUT2D eigenvalue weighted by atomic mass is 14.5. The molecule has 0 bridgehead atoms. The third-order valence-corrected chi connectivity index (χ3v) is 3.31. The summed E-state index contributed by atoms with van der Waals surface area (Å²) in [5.41, 5.74) is 0. The lowest BCUT2D eigenvalue weighted by Crippen LogP contribution is -2.04. The van der Waals surface area contributed by atoms with Gasteiger partial charge in [0.1, 0.15) is 0 Å². The van der Waals surface area contributed by atoms with E-state index in [1.165, 1.54) is 12.8 Å². The Kier molecular flexibility index (Phi) is 2.08. The zero-order chi connectivity index (χ0) is 8.55. The highest BCUT2D eigenvalue weighted by molar-refractivity contribution is 5.14. The monoisotopic (exact) mass is 162 g/mol. The summed E-state index contributed by atoms with van der Waals surface area (Å²) in [5.74, 6) is 3.79. The Hall–Kier alpha value is -0.520. The lowest BCUT2D eigenvalue weighted by Gasteiger charge is -2.13. The first-order valence-electron chi connectivity index (χ1n) is 5.12. The molecule has 66 valence electrons. The van der Waals surface area contributed by atoms with Crippen LogP contribution in [0.2, 0.25) is 0 Å². The molecule has 2 rings (SSSR count). The van der Waals surface area contributed by atoms with Crippen molar-refractivity contribution in [3.63, 3.8) is 0 Å². The standard InChI is InChI=1S/C12H18/c1-9(2)11-8-12(11)10-6-4-3-5-7-10/h3-6,9-12H,7-8H2,1-2H3/t10?,11?,12-/m0/s1. The number of hydrogen-bond donors (Lipinski definition) is 0. The Bertz CT molecular complexity index is 210. The van der Waals surface area contributed by atoms with Crippen molar-refractivity contribution in [3.8, 4) is 0 Å². The van der Waals surface area contributed by atoms with Crippen molar-refractivity contribution in [3.05, 3.63) is 24.3 Å². The molecule has 0 aromatic rings. The number of hydrogen-bond acceptors (Lipinski definition) is 0. The summed E-state index contributed by atoms with van der Waals surface area (Å²) in [6.07, 6.45) is 11.8. The Morgan fingerprint density at radius 2 is 2.08 bits per heavy atom. The fourth-order valence-electron chi connectivity index (χ4n) is 2.41. The third-order valence-electron chi connectivity index (χ3n) is 3.31. The molecule has 0 amide bonds. The predicted octanol–water partition coefficient (Wildman–Crippen LogP) is 3.41. The normalized spacial score (nSPS) is 39.1. The molecule has 0 aromatic heterocycles. The van der Waals surface area contributed by atoms with E-state index in [0.717, 1.165) is 23.7 Å². The van der Waals surface area contributed by atoms with E-state index < -0.39 is 0 Å². The van der Waals surface area contributed by atoms with Gasteiger partial charge in [0.25, 0.3) is 0 Å². The van der Waals surface area contributed by atoms with Gasteiger partial charge >= 0.3 is 0 Å². The van der Waals surface area contributed by atoms with Crippen LogP contribution in [0.25, 0.3) is 0 Å². The van der Waals surface area contributed by atoms with Gasteiger partial charge in [-0.25, -0.2) is 0 Å². The van der Waals surface area contributed by atoms with Gasteiger partial charge < -0.3 is 0 Å². The van der Waals surface area contributed by atoms with E-state index in [1.807, 2.05) is 0 Å². The topological polar surface area (TPSA) is 0 Å². The van der Waals surface area contributed by atoms with Gasteiger partial charge in [-0.2, -0.15) is 0 Å². The van der Waals surface area contributed by atoms with E-state index in [0.29, 0.717) is 0 Å². The minimum Gasteiger partial charge on any atom is -0.0840 e. The molecule has 3 atom stereocenters. The molecule has 0 spiro atoms. The molecule has 2 unspecified atom stereocenters. The van der Waals surface area contributed by atoms with E-state index in [9.17, 15) is 0 Å². The molecule has 0 heteroatoms. The van der Waals surface area contributed by atoms with Gasteiger partial charge in [0.05, 0.1) is 0 Å². The lowest BCUT2D eigenvalue weighted by molar-refractivity contribution is 0.454. The van der Waals surface area contributed by atoms with Crippen LogP contribution in [0, 0.1) is 23.7 Å². The van der Waals surface area contributed by atoms with Crippen molar-refractivity contribution in [2.75, 3.05) is 0 Å². The fourth-order valence-corrected chi connectivity index (χ4v) is 2.41. The average Bonchev–Trinajstić information content (AvgIpc) is 2.84. The summed E-state index contributed by atoms with van der Waals surface area (Å²) in [6.45, 7) is 4.71. The first kappa shape index (κ1) is 8.10. The van der Waals surface area contributed by atoms with Crippen LogP contribution in [0.5, 0.6) is 0 Å². The van der Waals surface area contributed by atoms with Gasteiger partial charge in [0.15, 0.2) is 0 Å². The zero-order valence-electron chi connectivity index (χ0n) is 8.03. The van der Waals surface area contributed by atoms with Crippen LogP contribution in [0.4, 0.5) is 0 Å². The second-order valence-electron chi connectivity index (χ2n) is 4.52. The molecule has 2 aliphatic rings. The molecule has 1 fully saturated rings. The Morgan fingerprint density at radius 1 is 1.25 bits per heavy atom. The molecule has 12 heavy (non-hydrogen) atoms. The van der Waals surface area contributed by atoms with Crippen LogP contribution < -0.4 is 0 Å². The third kappa shape index (κ3) is 1.48. The first-order valence-corrected chi connectivity index (χ1v) is 5.12. The van der Waals surface area contributed by atoms with Crippen molar-refractivity contribution < 1.29 is 0 Å². The van der Waals surface area contributed by atoms with Gasteiger partial charge in [-0.05, 0) is 36.5 Å². The predicted molar refractivity (Wildman–Crippen MR) is 52.8 cm³/mol. The van der Waals surface area contributed by atoms with Gasteiger partial charge in [0.2, 0.25) is 0 Å². The van der Waals surface area contributed by atoms with E-state index in [-0.39, 0.29) is 0 Å². The molecule has 0 radical (unpaired) electrons. The largest absolute Gasteiger partial charge is 0.0840 e. The quantitative estimate of drug-likeness (QED) is 0.583. The van der Waals surface area contributed by atoms with E-state index in [4.69, 9.17) is 0 Å². The summed E-state index contributed by atoms with van der Waals surface area (Å²) < 4.78 is 0. The number of allylic oxidation sites excluding steroid dienone is 4. The molecule has 0 saturated heterocycles. The fraction of sp³-hybridized carbons (Fsp3) is 0.667. The molecular weight excluding hydrogens is 144 g/mol. The van der Waals surface area contributed by atoms with Crippen LogP contribution in [0.3, 0.4) is 0 Å². The Balaban J connectivity index is 1.88. The Labute approximate surface area is 75.4 Å². The summed E-state index contributed by atoms with van der Waals surface area (Å²) in [7, 11) is 0. The number of rotatable bonds is 2. The summed E-state index contributed by atoms with van der Waals surface area (Å²) in [5, 5.41) is 0. The van der Waals surface area contributed by atoms with E-state index in [2.05, 4.69) is 38.2 Å². The van der Waals surface area contributed by atoms with Crippen LogP contribution in [0.1, 0.15) is 26.7 Å². The second kappa shape index (κ2) is 3.08. The highest BCUT2D eigenvalue weighted by Gasteiger charge is 2.42. The smallest absolute Gasteiger partial charge is 0.0164 e. The van der Waals surface area contributed by atoms with Crippen molar-refractivity contribution >= 4 is 0 Å². The molecule has 1 saturated carbocycles. The molecule has 0 N–H and O–H groups in total. The molecule has 0 heterocycles. The molecule has 2 aliphatic carbocycles. The van der Waals surface area contributed by atoms with Crippen molar-refractivity contribution in [2.24, 2.45) is 23.7 Å².